The number of benzene rings is 10. The normalized spacial score (nSPS) is 12.0. The molecule has 0 amide bonds. The van der Waals surface area contributed by atoms with Crippen molar-refractivity contribution in [2.45, 2.75) is 6.42 Å². The number of anilines is 2. The Labute approximate surface area is 321 Å². The fourth-order valence-corrected chi connectivity index (χ4v) is 9.19. The Morgan fingerprint density at radius 3 is 1.51 bits per heavy atom. The molecular formula is C54H37N. The van der Waals surface area contributed by atoms with Crippen molar-refractivity contribution in [1.29, 1.82) is 0 Å². The van der Waals surface area contributed by atoms with Crippen LogP contribution in [-0.2, 0) is 6.42 Å². The molecule has 258 valence electrons. The second-order valence-corrected chi connectivity index (χ2v) is 14.9. The summed E-state index contributed by atoms with van der Waals surface area (Å²) in [7, 11) is 2.16. The summed E-state index contributed by atoms with van der Waals surface area (Å²) in [5, 5.41) is 7.81. The number of rotatable bonds is 6. The predicted molar refractivity (Wildman–Crippen MR) is 235 cm³/mol. The standard InChI is InChI=1S/C54H37N/c1-55(52-17-8-7-14-47(52)35-10-3-2-4-11-35)42-28-22-38(23-29-42)46-31-25-40-26-32-49-45(30-24-39-27-33-50(46)54(40)53(39)49)37-20-18-36(19-21-37)43-15-9-16-48-44-13-6-5-12-41(44)34-51(43)48/h2-33H,34H2,1H3. The zero-order chi connectivity index (χ0) is 36.5. The Bertz CT molecular complexity index is 3050. The quantitative estimate of drug-likeness (QED) is 0.156. The third-order valence-electron chi connectivity index (χ3n) is 11.9. The molecule has 11 rings (SSSR count). The lowest BCUT2D eigenvalue weighted by Crippen LogP contribution is -2.10. The molecule has 10 aromatic rings. The topological polar surface area (TPSA) is 3.24 Å². The molecule has 0 radical (unpaired) electrons. The minimum atomic E-state index is 0.991. The van der Waals surface area contributed by atoms with Crippen LogP contribution in [0.15, 0.2) is 194 Å². The SMILES string of the molecule is CN(c1ccc(-c2ccc3ccc4c(-c5ccc(-c6cccc7c6Cc6ccccc6-7)cc5)ccc5ccc2c3c54)cc1)c1ccccc1-c1ccccc1. The first-order valence-electron chi connectivity index (χ1n) is 19.2. The van der Waals surface area contributed by atoms with Crippen molar-refractivity contribution in [1.82, 2.24) is 0 Å². The number of para-hydroxylation sites is 1. The molecule has 0 bridgehead atoms. The van der Waals surface area contributed by atoms with Gasteiger partial charge in [-0.25, -0.2) is 0 Å². The fraction of sp³-hybridized carbons (Fsp3) is 0.0370. The van der Waals surface area contributed by atoms with Gasteiger partial charge < -0.3 is 4.90 Å². The van der Waals surface area contributed by atoms with Crippen molar-refractivity contribution >= 4 is 43.7 Å². The number of nitrogens with zero attached hydrogens (tertiary/aromatic N) is 1. The van der Waals surface area contributed by atoms with Gasteiger partial charge in [-0.1, -0.05) is 176 Å². The fourth-order valence-electron chi connectivity index (χ4n) is 9.19. The summed E-state index contributed by atoms with van der Waals surface area (Å²) < 4.78 is 0. The van der Waals surface area contributed by atoms with Crippen LogP contribution in [0.5, 0.6) is 0 Å². The Morgan fingerprint density at radius 1 is 0.345 bits per heavy atom. The van der Waals surface area contributed by atoms with Crippen molar-refractivity contribution in [3.8, 4) is 55.6 Å². The van der Waals surface area contributed by atoms with E-state index in [2.05, 4.69) is 206 Å². The van der Waals surface area contributed by atoms with E-state index in [-0.39, 0.29) is 0 Å². The average molecular weight is 700 g/mol. The van der Waals surface area contributed by atoms with Crippen LogP contribution >= 0.6 is 0 Å². The van der Waals surface area contributed by atoms with Gasteiger partial charge >= 0.3 is 0 Å². The van der Waals surface area contributed by atoms with Gasteiger partial charge in [-0.05, 0) is 118 Å². The Hall–Kier alpha value is -6.96. The second kappa shape index (κ2) is 12.6. The van der Waals surface area contributed by atoms with E-state index in [1.807, 2.05) is 0 Å². The van der Waals surface area contributed by atoms with Gasteiger partial charge in [-0.15, -0.1) is 0 Å². The number of hydrogen-bond acceptors (Lipinski definition) is 1. The van der Waals surface area contributed by atoms with Gasteiger partial charge in [-0.3, -0.25) is 0 Å². The molecule has 0 aromatic heterocycles. The van der Waals surface area contributed by atoms with E-state index in [4.69, 9.17) is 0 Å². The van der Waals surface area contributed by atoms with Crippen LogP contribution in [0.3, 0.4) is 0 Å². The van der Waals surface area contributed by atoms with E-state index in [0.29, 0.717) is 0 Å². The van der Waals surface area contributed by atoms with Gasteiger partial charge in [0.05, 0.1) is 0 Å². The lowest BCUT2D eigenvalue weighted by atomic mass is 9.87. The maximum atomic E-state index is 2.33. The van der Waals surface area contributed by atoms with Crippen LogP contribution in [-0.4, -0.2) is 7.05 Å². The highest BCUT2D eigenvalue weighted by Crippen LogP contribution is 2.45. The largest absolute Gasteiger partial charge is 0.344 e. The zero-order valence-electron chi connectivity index (χ0n) is 30.6. The molecule has 1 aliphatic rings. The van der Waals surface area contributed by atoms with Gasteiger partial charge in [0.15, 0.2) is 0 Å². The van der Waals surface area contributed by atoms with Crippen molar-refractivity contribution < 1.29 is 0 Å². The summed E-state index contributed by atoms with van der Waals surface area (Å²) >= 11 is 0. The molecular weight excluding hydrogens is 663 g/mol. The first-order valence-corrected chi connectivity index (χ1v) is 19.2. The average Bonchev–Trinajstić information content (AvgIpc) is 3.65. The molecule has 0 unspecified atom stereocenters. The molecule has 0 atom stereocenters. The van der Waals surface area contributed by atoms with Crippen LogP contribution in [0.1, 0.15) is 11.1 Å². The maximum absolute atomic E-state index is 2.33. The van der Waals surface area contributed by atoms with E-state index < -0.39 is 0 Å². The first kappa shape index (κ1) is 31.6. The third kappa shape index (κ3) is 5.08. The summed E-state index contributed by atoms with van der Waals surface area (Å²) in [6, 6.07) is 71.6. The van der Waals surface area contributed by atoms with Gasteiger partial charge in [-0.2, -0.15) is 0 Å². The highest BCUT2D eigenvalue weighted by atomic mass is 15.1. The van der Waals surface area contributed by atoms with Gasteiger partial charge in [0, 0.05) is 24.0 Å². The van der Waals surface area contributed by atoms with Crippen molar-refractivity contribution in [2.24, 2.45) is 0 Å². The molecule has 0 saturated carbocycles. The minimum Gasteiger partial charge on any atom is -0.344 e. The Morgan fingerprint density at radius 2 is 0.836 bits per heavy atom. The van der Waals surface area contributed by atoms with E-state index in [0.717, 1.165) is 12.1 Å². The first-order chi connectivity index (χ1) is 27.2. The van der Waals surface area contributed by atoms with Crippen LogP contribution in [0.4, 0.5) is 11.4 Å². The summed E-state index contributed by atoms with van der Waals surface area (Å²) in [4.78, 5) is 2.29. The van der Waals surface area contributed by atoms with E-state index in [1.165, 1.54) is 105 Å². The lowest BCUT2D eigenvalue weighted by Gasteiger charge is -2.23. The molecule has 0 N–H and O–H groups in total. The van der Waals surface area contributed by atoms with E-state index >= 15 is 0 Å². The van der Waals surface area contributed by atoms with Crippen LogP contribution in [0, 0.1) is 0 Å². The Balaban J connectivity index is 0.953. The van der Waals surface area contributed by atoms with E-state index in [9.17, 15) is 0 Å². The lowest BCUT2D eigenvalue weighted by molar-refractivity contribution is 1.21. The third-order valence-corrected chi connectivity index (χ3v) is 11.9. The second-order valence-electron chi connectivity index (χ2n) is 14.9. The van der Waals surface area contributed by atoms with E-state index in [1.54, 1.807) is 0 Å². The highest BCUT2D eigenvalue weighted by molar-refractivity contribution is 6.27. The molecule has 1 nitrogen and oxygen atoms in total. The molecule has 0 fully saturated rings. The summed E-state index contributed by atoms with van der Waals surface area (Å²) in [5.41, 5.74) is 18.0. The molecule has 0 saturated heterocycles. The smallest absolute Gasteiger partial charge is 0.0487 e. The van der Waals surface area contributed by atoms with Crippen LogP contribution in [0.2, 0.25) is 0 Å². The molecule has 1 aliphatic carbocycles. The summed E-state index contributed by atoms with van der Waals surface area (Å²) in [6.45, 7) is 0. The van der Waals surface area contributed by atoms with Crippen molar-refractivity contribution in [3.63, 3.8) is 0 Å². The Kier molecular flexibility index (Phi) is 7.22. The molecule has 55 heavy (non-hydrogen) atoms. The maximum Gasteiger partial charge on any atom is 0.0487 e. The van der Waals surface area contributed by atoms with Crippen molar-refractivity contribution in [2.75, 3.05) is 11.9 Å². The molecule has 0 aliphatic heterocycles. The van der Waals surface area contributed by atoms with Crippen LogP contribution in [0.25, 0.3) is 88.0 Å². The minimum absolute atomic E-state index is 0.991. The number of fused-ring (bicyclic) bond motifs is 3. The van der Waals surface area contributed by atoms with Gasteiger partial charge in [0.2, 0.25) is 0 Å². The molecule has 0 heterocycles. The zero-order valence-corrected chi connectivity index (χ0v) is 30.6. The van der Waals surface area contributed by atoms with Crippen molar-refractivity contribution in [3.05, 3.63) is 205 Å². The monoisotopic (exact) mass is 699 g/mol. The molecule has 0 spiro atoms. The highest BCUT2D eigenvalue weighted by Gasteiger charge is 2.21. The predicted octanol–water partition coefficient (Wildman–Crippen LogP) is 14.6. The van der Waals surface area contributed by atoms with Crippen LogP contribution < -0.4 is 4.90 Å². The van der Waals surface area contributed by atoms with Gasteiger partial charge in [0.25, 0.3) is 0 Å². The van der Waals surface area contributed by atoms with Gasteiger partial charge in [0.1, 0.15) is 0 Å². The summed E-state index contributed by atoms with van der Waals surface area (Å²) in [5.74, 6) is 0. The number of hydrogen-bond donors (Lipinski definition) is 0. The summed E-state index contributed by atoms with van der Waals surface area (Å²) in [6.07, 6.45) is 0.991. The molecule has 10 aromatic carbocycles. The molecule has 1 heteroatoms.